The van der Waals surface area contributed by atoms with E-state index < -0.39 is 17.5 Å². The molecule has 1 fully saturated rings. The third-order valence-electron chi connectivity index (χ3n) is 3.08. The summed E-state index contributed by atoms with van der Waals surface area (Å²) < 4.78 is 0. The fourth-order valence-electron chi connectivity index (χ4n) is 2.32. The average Bonchev–Trinajstić information content (AvgIpc) is 2.54. The van der Waals surface area contributed by atoms with Gasteiger partial charge in [-0.15, -0.1) is 0 Å². The molecule has 4 heteroatoms. The fraction of sp³-hybridized carbons (Fsp3) is 0.900. The summed E-state index contributed by atoms with van der Waals surface area (Å²) >= 11 is 0. The third-order valence-corrected chi connectivity index (χ3v) is 3.08. The van der Waals surface area contributed by atoms with Crippen LogP contribution in [-0.4, -0.2) is 35.9 Å². The molecule has 0 saturated heterocycles. The molecule has 0 aromatic carbocycles. The van der Waals surface area contributed by atoms with Crippen molar-refractivity contribution in [3.8, 4) is 0 Å². The molecule has 0 aromatic rings. The topological polar surface area (TPSA) is 69.6 Å². The van der Waals surface area contributed by atoms with Crippen LogP contribution in [0.3, 0.4) is 0 Å². The summed E-state index contributed by atoms with van der Waals surface area (Å²) in [4.78, 5) is 11.1. The van der Waals surface area contributed by atoms with Crippen molar-refractivity contribution < 1.29 is 15.0 Å². The normalized spacial score (nSPS) is 22.1. The first-order valence-corrected chi connectivity index (χ1v) is 5.17. The summed E-state index contributed by atoms with van der Waals surface area (Å²) in [5.41, 5.74) is -0.656. The van der Waals surface area contributed by atoms with Gasteiger partial charge in [0.15, 0.2) is 0 Å². The molecule has 1 saturated carbocycles. The molecule has 14 heavy (non-hydrogen) atoms. The first-order chi connectivity index (χ1) is 6.60. The van der Waals surface area contributed by atoms with Crippen LogP contribution in [0.2, 0.25) is 0 Å². The molecule has 0 spiro atoms. The van der Waals surface area contributed by atoms with Gasteiger partial charge in [0.2, 0.25) is 0 Å². The van der Waals surface area contributed by atoms with Gasteiger partial charge in [-0.05, 0) is 26.3 Å². The van der Waals surface area contributed by atoms with Crippen molar-refractivity contribution >= 4 is 5.97 Å². The number of carboxylic acid groups (broad SMARTS) is 1. The number of aliphatic carboxylic acids is 1. The molecule has 0 heterocycles. The first kappa shape index (κ1) is 11.5. The van der Waals surface area contributed by atoms with Gasteiger partial charge in [-0.1, -0.05) is 12.8 Å². The number of carbonyl (C=O) groups is 1. The van der Waals surface area contributed by atoms with Crippen LogP contribution < -0.4 is 5.32 Å². The van der Waals surface area contributed by atoms with E-state index >= 15 is 0 Å². The van der Waals surface area contributed by atoms with E-state index in [0.29, 0.717) is 25.8 Å². The Kier molecular flexibility index (Phi) is 3.89. The minimum atomic E-state index is -0.745. The largest absolute Gasteiger partial charge is 0.481 e. The summed E-state index contributed by atoms with van der Waals surface area (Å²) in [7, 11) is 1.76. The minimum absolute atomic E-state index is 0.378. The van der Waals surface area contributed by atoms with E-state index in [9.17, 15) is 9.90 Å². The number of nitrogens with one attached hydrogen (secondary N) is 1. The van der Waals surface area contributed by atoms with Crippen LogP contribution in [0, 0.1) is 5.41 Å². The van der Waals surface area contributed by atoms with Crippen molar-refractivity contribution in [3.05, 3.63) is 0 Å². The Balaban J connectivity index is 2.55. The Morgan fingerprint density at radius 1 is 1.50 bits per heavy atom. The Hall–Kier alpha value is -0.610. The van der Waals surface area contributed by atoms with Gasteiger partial charge in [-0.2, -0.15) is 0 Å². The molecule has 0 bridgehead atoms. The van der Waals surface area contributed by atoms with Gasteiger partial charge < -0.3 is 15.5 Å². The van der Waals surface area contributed by atoms with Crippen LogP contribution >= 0.6 is 0 Å². The Labute approximate surface area is 84.3 Å². The van der Waals surface area contributed by atoms with Crippen molar-refractivity contribution in [2.24, 2.45) is 5.41 Å². The van der Waals surface area contributed by atoms with E-state index in [1.807, 2.05) is 0 Å². The molecule has 1 rings (SSSR count). The zero-order chi connectivity index (χ0) is 10.6. The molecule has 0 aliphatic heterocycles. The second kappa shape index (κ2) is 4.75. The maximum atomic E-state index is 11.1. The van der Waals surface area contributed by atoms with E-state index in [1.165, 1.54) is 0 Å². The van der Waals surface area contributed by atoms with Gasteiger partial charge in [0.1, 0.15) is 0 Å². The van der Waals surface area contributed by atoms with Crippen LogP contribution in [0.4, 0.5) is 0 Å². The molecule has 1 aliphatic carbocycles. The van der Waals surface area contributed by atoms with E-state index in [1.54, 1.807) is 7.05 Å². The highest BCUT2D eigenvalue weighted by molar-refractivity contribution is 5.75. The summed E-state index contributed by atoms with van der Waals surface area (Å²) in [6, 6.07) is 0. The summed E-state index contributed by atoms with van der Waals surface area (Å²) in [6.07, 6.45) is 3.20. The predicted molar refractivity (Wildman–Crippen MR) is 53.1 cm³/mol. The summed E-state index contributed by atoms with van der Waals surface area (Å²) in [5, 5.41) is 21.6. The SMILES string of the molecule is CNC[C@H](O)CC1(C(=O)O)CCCC1. The molecule has 1 aliphatic rings. The average molecular weight is 201 g/mol. The van der Waals surface area contributed by atoms with Gasteiger partial charge in [0.05, 0.1) is 11.5 Å². The zero-order valence-electron chi connectivity index (χ0n) is 8.62. The number of likely N-dealkylation sites (N-methyl/N-ethyl adjacent to an activating group) is 1. The molecule has 0 radical (unpaired) electrons. The first-order valence-electron chi connectivity index (χ1n) is 5.17. The van der Waals surface area contributed by atoms with Crippen LogP contribution in [0.25, 0.3) is 0 Å². The molecule has 0 unspecified atom stereocenters. The van der Waals surface area contributed by atoms with E-state index in [0.717, 1.165) is 12.8 Å². The highest BCUT2D eigenvalue weighted by Gasteiger charge is 2.42. The maximum Gasteiger partial charge on any atom is 0.309 e. The second-order valence-electron chi connectivity index (χ2n) is 4.21. The Morgan fingerprint density at radius 3 is 2.50 bits per heavy atom. The highest BCUT2D eigenvalue weighted by atomic mass is 16.4. The smallest absolute Gasteiger partial charge is 0.309 e. The molecule has 4 nitrogen and oxygen atoms in total. The quantitative estimate of drug-likeness (QED) is 0.609. The van der Waals surface area contributed by atoms with E-state index in [4.69, 9.17) is 5.11 Å². The summed E-state index contributed by atoms with van der Waals surface area (Å²) in [6.45, 7) is 0.467. The van der Waals surface area contributed by atoms with Gasteiger partial charge >= 0.3 is 5.97 Å². The van der Waals surface area contributed by atoms with Crippen molar-refractivity contribution in [1.82, 2.24) is 5.32 Å². The van der Waals surface area contributed by atoms with Gasteiger partial charge in [-0.3, -0.25) is 4.79 Å². The van der Waals surface area contributed by atoms with Crippen molar-refractivity contribution in [2.75, 3.05) is 13.6 Å². The second-order valence-corrected chi connectivity index (χ2v) is 4.21. The van der Waals surface area contributed by atoms with Crippen molar-refractivity contribution in [3.63, 3.8) is 0 Å². The van der Waals surface area contributed by atoms with Crippen LogP contribution in [0.1, 0.15) is 32.1 Å². The van der Waals surface area contributed by atoms with E-state index in [-0.39, 0.29) is 0 Å². The van der Waals surface area contributed by atoms with Crippen LogP contribution in [0.5, 0.6) is 0 Å². The lowest BCUT2D eigenvalue weighted by Crippen LogP contribution is -2.35. The minimum Gasteiger partial charge on any atom is -0.481 e. The molecule has 3 N–H and O–H groups in total. The molecule has 0 aromatic heterocycles. The van der Waals surface area contributed by atoms with E-state index in [2.05, 4.69) is 5.32 Å². The Morgan fingerprint density at radius 2 is 2.07 bits per heavy atom. The highest BCUT2D eigenvalue weighted by Crippen LogP contribution is 2.42. The lowest BCUT2D eigenvalue weighted by molar-refractivity contribution is -0.150. The lowest BCUT2D eigenvalue weighted by Gasteiger charge is -2.26. The molecular formula is C10H19NO3. The van der Waals surface area contributed by atoms with Crippen LogP contribution in [-0.2, 0) is 4.79 Å². The van der Waals surface area contributed by atoms with Crippen molar-refractivity contribution in [2.45, 2.75) is 38.2 Å². The maximum absolute atomic E-state index is 11.1. The van der Waals surface area contributed by atoms with Gasteiger partial charge in [0.25, 0.3) is 0 Å². The number of aliphatic hydroxyl groups excluding tert-OH is 1. The summed E-state index contributed by atoms with van der Waals surface area (Å²) in [5.74, 6) is -0.745. The monoisotopic (exact) mass is 201 g/mol. The molecular weight excluding hydrogens is 182 g/mol. The van der Waals surface area contributed by atoms with Crippen LogP contribution in [0.15, 0.2) is 0 Å². The lowest BCUT2D eigenvalue weighted by atomic mass is 9.80. The fourth-order valence-corrected chi connectivity index (χ4v) is 2.32. The van der Waals surface area contributed by atoms with Crippen molar-refractivity contribution in [1.29, 1.82) is 0 Å². The third kappa shape index (κ3) is 2.45. The number of rotatable bonds is 5. The van der Waals surface area contributed by atoms with Gasteiger partial charge in [0, 0.05) is 6.54 Å². The molecule has 0 amide bonds. The number of hydrogen-bond donors (Lipinski definition) is 3. The molecule has 1 atom stereocenters. The Bertz CT molecular complexity index is 200. The van der Waals surface area contributed by atoms with Gasteiger partial charge in [-0.25, -0.2) is 0 Å². The number of aliphatic hydroxyl groups is 1. The number of hydrogen-bond acceptors (Lipinski definition) is 3. The number of carboxylic acids is 1. The standard InChI is InChI=1S/C10H19NO3/c1-11-7-8(12)6-10(9(13)14)4-2-3-5-10/h8,11-12H,2-7H2,1H3,(H,13,14)/t8-/m1/s1. The predicted octanol–water partition coefficient (Wildman–Crippen LogP) is 0.602. The molecule has 82 valence electrons. The zero-order valence-corrected chi connectivity index (χ0v) is 8.62.